The van der Waals surface area contributed by atoms with Crippen LogP contribution in [0.15, 0.2) is 36.7 Å². The molecule has 0 aromatic carbocycles. The van der Waals surface area contributed by atoms with Gasteiger partial charge in [-0.05, 0) is 30.7 Å². The number of aryl methyl sites for hydroxylation is 1. The minimum Gasteiger partial charge on any atom is -0.383 e. The fraction of sp³-hybridized carbons (Fsp3) is 0.231. The summed E-state index contributed by atoms with van der Waals surface area (Å²) in [4.78, 5) is 8.31. The van der Waals surface area contributed by atoms with E-state index in [9.17, 15) is 0 Å². The third kappa shape index (κ3) is 2.79. The van der Waals surface area contributed by atoms with Gasteiger partial charge in [-0.1, -0.05) is 19.9 Å². The van der Waals surface area contributed by atoms with Gasteiger partial charge in [0.05, 0.1) is 5.69 Å². The van der Waals surface area contributed by atoms with Crippen LogP contribution >= 0.6 is 0 Å². The number of nitrogens with two attached hydrogens (primary N) is 1. The average Bonchev–Trinajstić information content (AvgIpc) is 2.34. The Morgan fingerprint density at radius 3 is 2.38 bits per heavy atom. The molecule has 16 heavy (non-hydrogen) atoms. The van der Waals surface area contributed by atoms with Crippen molar-refractivity contribution >= 4 is 5.82 Å². The summed E-state index contributed by atoms with van der Waals surface area (Å²) < 4.78 is 0. The molecule has 2 heterocycles. The van der Waals surface area contributed by atoms with Crippen LogP contribution in [0.3, 0.4) is 0 Å². The third-order valence-corrected chi connectivity index (χ3v) is 2.03. The molecular weight excluding hydrogens is 198 g/mol. The molecule has 0 fully saturated rings. The SMILES string of the molecule is CC.Cc1ccc(-c2cccnc2N)nc1. The summed E-state index contributed by atoms with van der Waals surface area (Å²) in [6, 6.07) is 7.73. The van der Waals surface area contributed by atoms with Gasteiger partial charge in [0.15, 0.2) is 0 Å². The zero-order valence-electron chi connectivity index (χ0n) is 9.94. The second-order valence-electron chi connectivity index (χ2n) is 3.16. The number of nitrogen functional groups attached to an aromatic ring is 1. The highest BCUT2D eigenvalue weighted by atomic mass is 14.8. The van der Waals surface area contributed by atoms with Crippen molar-refractivity contribution in [3.63, 3.8) is 0 Å². The second kappa shape index (κ2) is 5.85. The molecule has 0 unspecified atom stereocenters. The molecule has 3 nitrogen and oxygen atoms in total. The predicted octanol–water partition coefficient (Wildman–Crippen LogP) is 3.06. The smallest absolute Gasteiger partial charge is 0.132 e. The number of hydrogen-bond acceptors (Lipinski definition) is 3. The number of hydrogen-bond donors (Lipinski definition) is 1. The van der Waals surface area contributed by atoms with Gasteiger partial charge in [-0.2, -0.15) is 0 Å². The van der Waals surface area contributed by atoms with Crippen molar-refractivity contribution in [3.05, 3.63) is 42.2 Å². The molecule has 2 aromatic heterocycles. The van der Waals surface area contributed by atoms with Crippen molar-refractivity contribution < 1.29 is 0 Å². The van der Waals surface area contributed by atoms with Gasteiger partial charge >= 0.3 is 0 Å². The van der Waals surface area contributed by atoms with Crippen molar-refractivity contribution in [3.8, 4) is 11.3 Å². The lowest BCUT2D eigenvalue weighted by molar-refractivity contribution is 1.25. The van der Waals surface area contributed by atoms with Crippen molar-refractivity contribution in [1.29, 1.82) is 0 Å². The second-order valence-corrected chi connectivity index (χ2v) is 3.16. The number of aromatic nitrogens is 2. The van der Waals surface area contributed by atoms with Gasteiger partial charge in [-0.3, -0.25) is 4.98 Å². The fourth-order valence-electron chi connectivity index (χ4n) is 1.26. The zero-order valence-corrected chi connectivity index (χ0v) is 9.94. The Hall–Kier alpha value is -1.90. The molecule has 0 aliphatic heterocycles. The largest absolute Gasteiger partial charge is 0.383 e. The first-order chi connectivity index (χ1) is 7.77. The lowest BCUT2D eigenvalue weighted by atomic mass is 10.1. The van der Waals surface area contributed by atoms with E-state index in [1.54, 1.807) is 6.20 Å². The van der Waals surface area contributed by atoms with Crippen LogP contribution in [0, 0.1) is 6.92 Å². The predicted molar refractivity (Wildman–Crippen MR) is 68.0 cm³/mol. The number of rotatable bonds is 1. The van der Waals surface area contributed by atoms with E-state index in [1.807, 2.05) is 51.2 Å². The maximum Gasteiger partial charge on any atom is 0.132 e. The lowest BCUT2D eigenvalue weighted by Gasteiger charge is -2.03. The van der Waals surface area contributed by atoms with Crippen LogP contribution in [0.25, 0.3) is 11.3 Å². The van der Waals surface area contributed by atoms with Gasteiger partial charge in [-0.25, -0.2) is 4.98 Å². The van der Waals surface area contributed by atoms with Crippen molar-refractivity contribution in [1.82, 2.24) is 9.97 Å². The maximum atomic E-state index is 5.74. The van der Waals surface area contributed by atoms with E-state index in [0.29, 0.717) is 5.82 Å². The first-order valence-electron chi connectivity index (χ1n) is 5.41. The molecule has 0 saturated heterocycles. The molecule has 0 bridgehead atoms. The quantitative estimate of drug-likeness (QED) is 0.795. The minimum atomic E-state index is 0.517. The van der Waals surface area contributed by atoms with E-state index >= 15 is 0 Å². The van der Waals surface area contributed by atoms with Gasteiger partial charge in [0, 0.05) is 18.0 Å². The van der Waals surface area contributed by atoms with Gasteiger partial charge in [0.2, 0.25) is 0 Å². The first kappa shape index (κ1) is 12.2. The van der Waals surface area contributed by atoms with Gasteiger partial charge in [0.1, 0.15) is 5.82 Å². The monoisotopic (exact) mass is 215 g/mol. The number of anilines is 1. The molecule has 2 rings (SSSR count). The summed E-state index contributed by atoms with van der Waals surface area (Å²) in [5.74, 6) is 0.517. The molecule has 2 N–H and O–H groups in total. The Balaban J connectivity index is 0.000000606. The summed E-state index contributed by atoms with van der Waals surface area (Å²) in [5, 5.41) is 0. The Labute approximate surface area is 96.4 Å². The minimum absolute atomic E-state index is 0.517. The molecule has 84 valence electrons. The van der Waals surface area contributed by atoms with Crippen LogP contribution in [-0.4, -0.2) is 9.97 Å². The van der Waals surface area contributed by atoms with Crippen LogP contribution in [-0.2, 0) is 0 Å². The van der Waals surface area contributed by atoms with E-state index in [4.69, 9.17) is 5.73 Å². The Morgan fingerprint density at radius 2 is 1.81 bits per heavy atom. The molecule has 0 aliphatic rings. The normalized spacial score (nSPS) is 9.19. The Bertz CT molecular complexity index is 435. The van der Waals surface area contributed by atoms with Crippen molar-refractivity contribution in [2.45, 2.75) is 20.8 Å². The highest BCUT2D eigenvalue weighted by molar-refractivity contribution is 5.70. The number of pyridine rings is 2. The standard InChI is InChI=1S/C11H11N3.C2H6/c1-8-4-5-10(14-7-8)9-3-2-6-13-11(9)12;1-2/h2-7H,1H3,(H2,12,13);1-2H3. The van der Waals surface area contributed by atoms with Crippen LogP contribution in [0.4, 0.5) is 5.82 Å². The van der Waals surface area contributed by atoms with Crippen molar-refractivity contribution in [2.75, 3.05) is 5.73 Å². The molecule has 2 aromatic rings. The van der Waals surface area contributed by atoms with Crippen LogP contribution in [0.5, 0.6) is 0 Å². The van der Waals surface area contributed by atoms with E-state index in [-0.39, 0.29) is 0 Å². The summed E-state index contributed by atoms with van der Waals surface area (Å²) in [6.45, 7) is 6.00. The summed E-state index contributed by atoms with van der Waals surface area (Å²) in [6.07, 6.45) is 3.49. The molecule has 0 saturated carbocycles. The number of nitrogens with zero attached hydrogens (tertiary/aromatic N) is 2. The summed E-state index contributed by atoms with van der Waals surface area (Å²) >= 11 is 0. The lowest BCUT2D eigenvalue weighted by Crippen LogP contribution is -1.94. The topological polar surface area (TPSA) is 51.8 Å². The molecule has 3 heteroatoms. The van der Waals surface area contributed by atoms with Gasteiger partial charge in [0.25, 0.3) is 0 Å². The molecule has 0 spiro atoms. The third-order valence-electron chi connectivity index (χ3n) is 2.03. The van der Waals surface area contributed by atoms with Crippen LogP contribution in [0.1, 0.15) is 19.4 Å². The average molecular weight is 215 g/mol. The van der Waals surface area contributed by atoms with E-state index in [0.717, 1.165) is 16.8 Å². The van der Waals surface area contributed by atoms with Crippen molar-refractivity contribution in [2.24, 2.45) is 0 Å². The Kier molecular flexibility index (Phi) is 4.45. The van der Waals surface area contributed by atoms with Gasteiger partial charge in [-0.15, -0.1) is 0 Å². The molecule has 0 atom stereocenters. The summed E-state index contributed by atoms with van der Waals surface area (Å²) in [5.41, 5.74) is 8.62. The van der Waals surface area contributed by atoms with Crippen LogP contribution < -0.4 is 5.73 Å². The van der Waals surface area contributed by atoms with E-state index in [1.165, 1.54) is 0 Å². The van der Waals surface area contributed by atoms with Crippen LogP contribution in [0.2, 0.25) is 0 Å². The molecule has 0 amide bonds. The maximum absolute atomic E-state index is 5.74. The molecular formula is C13H17N3. The van der Waals surface area contributed by atoms with E-state index < -0.39 is 0 Å². The molecule has 0 radical (unpaired) electrons. The highest BCUT2D eigenvalue weighted by Crippen LogP contribution is 2.21. The Morgan fingerprint density at radius 1 is 1.06 bits per heavy atom. The highest BCUT2D eigenvalue weighted by Gasteiger charge is 2.02. The zero-order chi connectivity index (χ0) is 12.0. The first-order valence-corrected chi connectivity index (χ1v) is 5.41. The van der Waals surface area contributed by atoms with Gasteiger partial charge < -0.3 is 5.73 Å². The fourth-order valence-corrected chi connectivity index (χ4v) is 1.26. The molecule has 0 aliphatic carbocycles. The summed E-state index contributed by atoms with van der Waals surface area (Å²) in [7, 11) is 0. The van der Waals surface area contributed by atoms with E-state index in [2.05, 4.69) is 9.97 Å².